The second kappa shape index (κ2) is 10.3. The number of carbonyl (C=O) groups is 1. The van der Waals surface area contributed by atoms with Crippen LogP contribution in [0.1, 0.15) is 43.6 Å². The maximum Gasteiger partial charge on any atom is 0.261 e. The minimum atomic E-state index is -0.0551. The van der Waals surface area contributed by atoms with E-state index in [0.717, 1.165) is 34.8 Å². The molecule has 0 spiro atoms. The topological polar surface area (TPSA) is 68.5 Å². The molecule has 162 valence electrons. The van der Waals surface area contributed by atoms with E-state index in [2.05, 4.69) is 32.7 Å². The number of ether oxygens (including phenoxy) is 1. The lowest BCUT2D eigenvalue weighted by molar-refractivity contribution is -0.137. The first kappa shape index (κ1) is 21.8. The number of aryl methyl sites for hydroxylation is 1. The summed E-state index contributed by atoms with van der Waals surface area (Å²) in [6.07, 6.45) is 5.47. The van der Waals surface area contributed by atoms with Crippen molar-refractivity contribution in [3.05, 3.63) is 63.6 Å². The van der Waals surface area contributed by atoms with Gasteiger partial charge in [0, 0.05) is 15.2 Å². The summed E-state index contributed by atoms with van der Waals surface area (Å²) in [7, 11) is 0. The van der Waals surface area contributed by atoms with Gasteiger partial charge in [-0.15, -0.1) is 0 Å². The third kappa shape index (κ3) is 5.84. The van der Waals surface area contributed by atoms with Gasteiger partial charge in [-0.05, 0) is 66.6 Å². The van der Waals surface area contributed by atoms with E-state index in [9.17, 15) is 4.79 Å². The summed E-state index contributed by atoms with van der Waals surface area (Å²) in [5.74, 6) is 1.63. The van der Waals surface area contributed by atoms with Crippen molar-refractivity contribution in [2.45, 2.75) is 51.6 Å². The average Bonchev–Trinajstić information content (AvgIpc) is 3.27. The highest BCUT2D eigenvalue weighted by atomic mass is 127. The van der Waals surface area contributed by atoms with Crippen LogP contribution < -0.4 is 4.74 Å². The third-order valence-electron chi connectivity index (χ3n) is 5.60. The highest BCUT2D eigenvalue weighted by Gasteiger charge is 2.27. The maximum atomic E-state index is 13.1. The summed E-state index contributed by atoms with van der Waals surface area (Å²) < 4.78 is 12.4. The van der Waals surface area contributed by atoms with Gasteiger partial charge in [0.2, 0.25) is 11.7 Å². The number of nitrogens with zero attached hydrogens (tertiary/aromatic N) is 3. The van der Waals surface area contributed by atoms with E-state index < -0.39 is 0 Å². The predicted octanol–water partition coefficient (Wildman–Crippen LogP) is 5.39. The van der Waals surface area contributed by atoms with Crippen LogP contribution >= 0.6 is 22.6 Å². The van der Waals surface area contributed by atoms with Gasteiger partial charge < -0.3 is 14.2 Å². The molecule has 0 unspecified atom stereocenters. The van der Waals surface area contributed by atoms with Crippen LogP contribution in [-0.4, -0.2) is 33.6 Å². The molecule has 1 fully saturated rings. The Morgan fingerprint density at radius 2 is 1.81 bits per heavy atom. The highest BCUT2D eigenvalue weighted by molar-refractivity contribution is 14.1. The van der Waals surface area contributed by atoms with Crippen molar-refractivity contribution in [1.82, 2.24) is 15.0 Å². The molecule has 0 saturated heterocycles. The lowest BCUT2D eigenvalue weighted by Gasteiger charge is -2.33. The normalized spacial score (nSPS) is 14.4. The molecule has 1 aliphatic carbocycles. The summed E-state index contributed by atoms with van der Waals surface area (Å²) in [6.45, 7) is 2.34. The number of benzene rings is 2. The molecule has 3 aromatic rings. The van der Waals surface area contributed by atoms with Gasteiger partial charge in [-0.3, -0.25) is 4.79 Å². The van der Waals surface area contributed by atoms with Crippen LogP contribution in [-0.2, 0) is 11.3 Å². The quantitative estimate of drug-likeness (QED) is 0.383. The molecule has 0 bridgehead atoms. The van der Waals surface area contributed by atoms with Crippen molar-refractivity contribution < 1.29 is 14.1 Å². The molecule has 4 rings (SSSR count). The number of rotatable bonds is 7. The molecular formula is C24H26IN3O3. The van der Waals surface area contributed by atoms with Crippen LogP contribution in [0.2, 0.25) is 0 Å². The lowest BCUT2D eigenvalue weighted by atomic mass is 9.94. The number of amides is 1. The summed E-state index contributed by atoms with van der Waals surface area (Å²) in [4.78, 5) is 19.5. The fourth-order valence-corrected chi connectivity index (χ4v) is 4.22. The minimum Gasteiger partial charge on any atom is -0.484 e. The first-order valence-electron chi connectivity index (χ1n) is 10.7. The van der Waals surface area contributed by atoms with E-state index in [1.54, 1.807) is 0 Å². The molecule has 0 aliphatic heterocycles. The fourth-order valence-electron chi connectivity index (χ4n) is 3.86. The molecule has 0 N–H and O–H groups in total. The second-order valence-corrected chi connectivity index (χ2v) is 9.18. The van der Waals surface area contributed by atoms with Crippen LogP contribution in [0, 0.1) is 10.5 Å². The summed E-state index contributed by atoms with van der Waals surface area (Å²) in [5.41, 5.74) is 2.08. The number of halogens is 1. The van der Waals surface area contributed by atoms with E-state index in [-0.39, 0.29) is 18.6 Å². The van der Waals surface area contributed by atoms with E-state index in [4.69, 9.17) is 9.26 Å². The van der Waals surface area contributed by atoms with Crippen LogP contribution in [0.5, 0.6) is 5.75 Å². The van der Waals surface area contributed by atoms with Gasteiger partial charge in [0.1, 0.15) is 12.3 Å². The second-order valence-electron chi connectivity index (χ2n) is 7.93. The third-order valence-corrected chi connectivity index (χ3v) is 6.31. The van der Waals surface area contributed by atoms with Crippen molar-refractivity contribution in [2.24, 2.45) is 0 Å². The van der Waals surface area contributed by atoms with E-state index >= 15 is 0 Å². The Bertz CT molecular complexity index is 996. The number of hydrogen-bond donors (Lipinski definition) is 0. The first-order valence-corrected chi connectivity index (χ1v) is 11.7. The van der Waals surface area contributed by atoms with Crippen LogP contribution in [0.25, 0.3) is 11.4 Å². The monoisotopic (exact) mass is 531 g/mol. The van der Waals surface area contributed by atoms with Gasteiger partial charge in [-0.25, -0.2) is 0 Å². The Morgan fingerprint density at radius 3 is 2.52 bits per heavy atom. The van der Waals surface area contributed by atoms with Crippen molar-refractivity contribution in [2.75, 3.05) is 6.61 Å². The van der Waals surface area contributed by atoms with Crippen molar-refractivity contribution in [1.29, 1.82) is 0 Å². The Labute approximate surface area is 196 Å². The maximum absolute atomic E-state index is 13.1. The smallest absolute Gasteiger partial charge is 0.261 e. The zero-order valence-electron chi connectivity index (χ0n) is 17.6. The van der Waals surface area contributed by atoms with Gasteiger partial charge in [-0.1, -0.05) is 54.2 Å². The number of aromatic nitrogens is 2. The Morgan fingerprint density at radius 1 is 1.10 bits per heavy atom. The molecular weight excluding hydrogens is 505 g/mol. The Hall–Kier alpha value is -2.42. The molecule has 7 heteroatoms. The first-order chi connectivity index (χ1) is 15.1. The van der Waals surface area contributed by atoms with Gasteiger partial charge in [0.15, 0.2) is 6.61 Å². The van der Waals surface area contributed by atoms with E-state index in [1.165, 1.54) is 12.0 Å². The molecule has 6 nitrogen and oxygen atoms in total. The minimum absolute atomic E-state index is 0.00392. The zero-order chi connectivity index (χ0) is 21.6. The Kier molecular flexibility index (Phi) is 7.21. The molecule has 0 atom stereocenters. The number of carbonyl (C=O) groups excluding carboxylic acids is 1. The van der Waals surface area contributed by atoms with E-state index in [0.29, 0.717) is 24.0 Å². The SMILES string of the molecule is Cc1ccc(-c2noc(CN(C(=O)COc3ccc(I)cc3)C3CCCCC3)n2)cc1. The largest absolute Gasteiger partial charge is 0.484 e. The molecule has 1 amide bonds. The Balaban J connectivity index is 1.46. The molecule has 1 aliphatic rings. The molecule has 2 aromatic carbocycles. The van der Waals surface area contributed by atoms with Crippen LogP contribution in [0.3, 0.4) is 0 Å². The summed E-state index contributed by atoms with van der Waals surface area (Å²) in [5, 5.41) is 4.12. The zero-order valence-corrected chi connectivity index (χ0v) is 19.7. The molecule has 1 saturated carbocycles. The standard InChI is InChI=1S/C24H26IN3O3/c1-17-7-9-18(10-8-17)24-26-22(31-27-24)15-28(20-5-3-2-4-6-20)23(29)16-30-21-13-11-19(25)12-14-21/h7-14,20H,2-6,15-16H2,1H3. The van der Waals surface area contributed by atoms with Crippen molar-refractivity contribution >= 4 is 28.5 Å². The van der Waals surface area contributed by atoms with Gasteiger partial charge >= 0.3 is 0 Å². The van der Waals surface area contributed by atoms with Gasteiger partial charge in [0.05, 0.1) is 0 Å². The molecule has 31 heavy (non-hydrogen) atoms. The van der Waals surface area contributed by atoms with E-state index in [1.807, 2.05) is 60.4 Å². The molecule has 0 radical (unpaired) electrons. The highest BCUT2D eigenvalue weighted by Crippen LogP contribution is 2.25. The lowest BCUT2D eigenvalue weighted by Crippen LogP contribution is -2.43. The van der Waals surface area contributed by atoms with Gasteiger partial charge in [-0.2, -0.15) is 4.98 Å². The summed E-state index contributed by atoms with van der Waals surface area (Å²) >= 11 is 2.24. The molecule has 1 aromatic heterocycles. The average molecular weight is 531 g/mol. The van der Waals surface area contributed by atoms with Crippen molar-refractivity contribution in [3.63, 3.8) is 0 Å². The predicted molar refractivity (Wildman–Crippen MR) is 127 cm³/mol. The molecule has 1 heterocycles. The number of hydrogen-bond acceptors (Lipinski definition) is 5. The fraction of sp³-hybridized carbons (Fsp3) is 0.375. The van der Waals surface area contributed by atoms with Crippen molar-refractivity contribution in [3.8, 4) is 17.1 Å². The summed E-state index contributed by atoms with van der Waals surface area (Å²) in [6, 6.07) is 15.9. The van der Waals surface area contributed by atoms with Crippen LogP contribution in [0.4, 0.5) is 0 Å². The van der Waals surface area contributed by atoms with Gasteiger partial charge in [0.25, 0.3) is 5.91 Å². The van der Waals surface area contributed by atoms with Crippen LogP contribution in [0.15, 0.2) is 53.1 Å².